The minimum absolute atomic E-state index is 0.262. The number of nitrogens with one attached hydrogen (secondary N) is 1. The first kappa shape index (κ1) is 17.1. The van der Waals surface area contributed by atoms with Gasteiger partial charge in [-0.05, 0) is 13.8 Å². The zero-order valence-electron chi connectivity index (χ0n) is 10.2. The quantitative estimate of drug-likeness (QED) is 0.342. The molecule has 0 aliphatic heterocycles. The second-order valence-corrected chi connectivity index (χ2v) is 4.05. The van der Waals surface area contributed by atoms with Gasteiger partial charge < -0.3 is 10.1 Å². The number of allylic oxidation sites excluding steroid dienone is 1. The number of carbonyl (C=O) groups is 2. The lowest BCUT2D eigenvalue weighted by Gasteiger charge is -2.19. The van der Waals surface area contributed by atoms with Crippen molar-refractivity contribution in [2.75, 3.05) is 6.54 Å². The van der Waals surface area contributed by atoms with Crippen LogP contribution in [0, 0.1) is 16.0 Å². The normalized spacial score (nSPS) is 14.2. The van der Waals surface area contributed by atoms with E-state index in [1.165, 1.54) is 11.4 Å². The molecule has 19 heavy (non-hydrogen) atoms. The Morgan fingerprint density at radius 2 is 1.95 bits per heavy atom. The van der Waals surface area contributed by atoms with E-state index in [9.17, 15) is 32.9 Å². The highest BCUT2D eigenvalue weighted by Gasteiger charge is 2.41. The molecule has 1 amide bonds. The largest absolute Gasteiger partial charge is 0.471 e. The summed E-state index contributed by atoms with van der Waals surface area (Å²) < 4.78 is 36.3. The Morgan fingerprint density at radius 3 is 2.26 bits per heavy atom. The molecule has 0 saturated heterocycles. The third-order valence-electron chi connectivity index (χ3n) is 2.07. The van der Waals surface area contributed by atoms with Gasteiger partial charge in [-0.3, -0.25) is 14.9 Å². The zero-order chi connectivity index (χ0) is 15.2. The predicted molar refractivity (Wildman–Crippen MR) is 58.8 cm³/mol. The number of hydrogen-bond acceptors (Lipinski definition) is 4. The number of amides is 1. The van der Waals surface area contributed by atoms with Crippen LogP contribution < -0.4 is 5.32 Å². The highest BCUT2D eigenvalue weighted by molar-refractivity contribution is 5.82. The number of carbonyl (C=O) groups excluding carboxylic acids is 2. The van der Waals surface area contributed by atoms with Gasteiger partial charge in [-0.2, -0.15) is 13.2 Å². The van der Waals surface area contributed by atoms with Crippen LogP contribution in [0.3, 0.4) is 0 Å². The zero-order valence-corrected chi connectivity index (χ0v) is 10.2. The van der Waals surface area contributed by atoms with Crippen LogP contribution in [0.1, 0.15) is 13.8 Å². The average molecular weight is 282 g/mol. The van der Waals surface area contributed by atoms with Gasteiger partial charge in [0.15, 0.2) is 0 Å². The van der Waals surface area contributed by atoms with Crippen molar-refractivity contribution < 1.29 is 27.7 Å². The second kappa shape index (κ2) is 6.86. The number of alkyl halides is 3. The molecular weight excluding hydrogens is 269 g/mol. The smallest absolute Gasteiger partial charge is 0.338 e. The summed E-state index contributed by atoms with van der Waals surface area (Å²) in [6.45, 7) is 2.17. The van der Waals surface area contributed by atoms with Gasteiger partial charge >= 0.3 is 12.1 Å². The molecule has 1 N–H and O–H groups in total. The summed E-state index contributed by atoms with van der Waals surface area (Å²) in [6, 6.07) is -1.54. The molecule has 6 nitrogen and oxygen atoms in total. The number of nitro groups is 1. The first-order valence-corrected chi connectivity index (χ1v) is 5.17. The molecule has 2 atom stereocenters. The lowest BCUT2D eigenvalue weighted by Crippen LogP contribution is -2.49. The van der Waals surface area contributed by atoms with E-state index >= 15 is 0 Å². The summed E-state index contributed by atoms with van der Waals surface area (Å²) in [5.74, 6) is -3.50. The minimum Gasteiger partial charge on any atom is -0.338 e. The molecule has 0 heterocycles. The third-order valence-corrected chi connectivity index (χ3v) is 2.07. The Balaban J connectivity index is 5.09. The van der Waals surface area contributed by atoms with Crippen molar-refractivity contribution >= 4 is 12.2 Å². The monoisotopic (exact) mass is 282 g/mol. The topological polar surface area (TPSA) is 89.3 Å². The third kappa shape index (κ3) is 6.53. The number of rotatable bonds is 6. The van der Waals surface area contributed by atoms with E-state index in [1.807, 2.05) is 0 Å². The molecule has 9 heteroatoms. The van der Waals surface area contributed by atoms with Crippen LogP contribution in [0.5, 0.6) is 0 Å². The first-order valence-electron chi connectivity index (χ1n) is 5.17. The maximum atomic E-state index is 12.1. The SMILES string of the molecule is CC(C)=C[C@H](C=O)[C@@H](C[N+](=O)[O-])NC(=O)C(F)(F)F. The Hall–Kier alpha value is -1.93. The van der Waals surface area contributed by atoms with Gasteiger partial charge in [0, 0.05) is 4.92 Å². The van der Waals surface area contributed by atoms with Crippen LogP contribution in [-0.2, 0) is 9.59 Å². The lowest BCUT2D eigenvalue weighted by atomic mass is 9.99. The Kier molecular flexibility index (Phi) is 6.16. The van der Waals surface area contributed by atoms with Crippen molar-refractivity contribution in [2.45, 2.75) is 26.1 Å². The van der Waals surface area contributed by atoms with Gasteiger partial charge in [-0.15, -0.1) is 0 Å². The highest BCUT2D eigenvalue weighted by atomic mass is 19.4. The van der Waals surface area contributed by atoms with Gasteiger partial charge in [0.05, 0.1) is 5.92 Å². The number of hydrogen-bond donors (Lipinski definition) is 1. The van der Waals surface area contributed by atoms with E-state index in [4.69, 9.17) is 0 Å². The van der Waals surface area contributed by atoms with Crippen molar-refractivity contribution in [3.05, 3.63) is 21.8 Å². The van der Waals surface area contributed by atoms with Gasteiger partial charge in [0.2, 0.25) is 6.54 Å². The summed E-state index contributed by atoms with van der Waals surface area (Å²) in [5.41, 5.74) is 0.590. The summed E-state index contributed by atoms with van der Waals surface area (Å²) in [4.78, 5) is 31.1. The highest BCUT2D eigenvalue weighted by Crippen LogP contribution is 2.16. The molecule has 0 unspecified atom stereocenters. The van der Waals surface area contributed by atoms with Gasteiger partial charge in [0.1, 0.15) is 12.3 Å². The first-order chi connectivity index (χ1) is 8.57. The molecule has 0 rings (SSSR count). The lowest BCUT2D eigenvalue weighted by molar-refractivity contribution is -0.484. The summed E-state index contributed by atoms with van der Waals surface area (Å²) >= 11 is 0. The summed E-state index contributed by atoms with van der Waals surface area (Å²) in [5, 5.41) is 11.8. The van der Waals surface area contributed by atoms with Gasteiger partial charge in [-0.25, -0.2) is 0 Å². The maximum Gasteiger partial charge on any atom is 0.471 e. The van der Waals surface area contributed by atoms with Crippen molar-refractivity contribution in [1.82, 2.24) is 5.32 Å². The molecule has 0 bridgehead atoms. The van der Waals surface area contributed by atoms with Crippen LogP contribution in [-0.4, -0.2) is 35.9 Å². The molecule has 0 aromatic heterocycles. The van der Waals surface area contributed by atoms with Crippen LogP contribution in [0.2, 0.25) is 0 Å². The Labute approximate surface area is 106 Å². The van der Waals surface area contributed by atoms with E-state index in [0.29, 0.717) is 5.57 Å². The van der Waals surface area contributed by atoms with E-state index in [-0.39, 0.29) is 6.29 Å². The molecule has 0 radical (unpaired) electrons. The minimum atomic E-state index is -5.16. The number of nitrogens with zero attached hydrogens (tertiary/aromatic N) is 1. The Morgan fingerprint density at radius 1 is 1.42 bits per heavy atom. The molecule has 108 valence electrons. The average Bonchev–Trinajstić information content (AvgIpc) is 2.22. The fourth-order valence-corrected chi connectivity index (χ4v) is 1.31. The van der Waals surface area contributed by atoms with Crippen LogP contribution in [0.15, 0.2) is 11.6 Å². The van der Waals surface area contributed by atoms with Crippen LogP contribution in [0.25, 0.3) is 0 Å². The van der Waals surface area contributed by atoms with E-state index < -0.39 is 35.5 Å². The fraction of sp³-hybridized carbons (Fsp3) is 0.600. The number of aldehydes is 1. The van der Waals surface area contributed by atoms with Gasteiger partial charge in [0.25, 0.3) is 0 Å². The Bertz CT molecular complexity index is 389. The predicted octanol–water partition coefficient (Wildman–Crippen LogP) is 1.09. The molecule has 0 fully saturated rings. The van der Waals surface area contributed by atoms with E-state index in [1.54, 1.807) is 13.8 Å². The van der Waals surface area contributed by atoms with Crippen molar-refractivity contribution in [2.24, 2.45) is 5.92 Å². The van der Waals surface area contributed by atoms with Crippen molar-refractivity contribution in [3.63, 3.8) is 0 Å². The maximum absolute atomic E-state index is 12.1. The number of halogens is 3. The van der Waals surface area contributed by atoms with Crippen molar-refractivity contribution in [3.8, 4) is 0 Å². The van der Waals surface area contributed by atoms with E-state index in [2.05, 4.69) is 0 Å². The molecule has 0 saturated carbocycles. The van der Waals surface area contributed by atoms with Gasteiger partial charge in [-0.1, -0.05) is 11.6 Å². The van der Waals surface area contributed by atoms with Crippen LogP contribution >= 0.6 is 0 Å². The molecule has 0 aliphatic rings. The molecule has 0 aliphatic carbocycles. The van der Waals surface area contributed by atoms with Crippen LogP contribution in [0.4, 0.5) is 13.2 Å². The molecule has 0 aromatic carbocycles. The second-order valence-electron chi connectivity index (χ2n) is 4.05. The fourth-order valence-electron chi connectivity index (χ4n) is 1.31. The molecule has 0 aromatic rings. The molecular formula is C10H13F3N2O4. The summed E-state index contributed by atoms with van der Waals surface area (Å²) in [7, 11) is 0. The molecule has 0 spiro atoms. The standard InChI is InChI=1S/C10H13F3N2O4/c1-6(2)3-7(5-16)8(4-15(18)19)14-9(17)10(11,12)13/h3,5,7-8H,4H2,1-2H3,(H,14,17)/t7-,8-/m1/s1. The van der Waals surface area contributed by atoms with E-state index in [0.717, 1.165) is 0 Å². The van der Waals surface area contributed by atoms with Crippen molar-refractivity contribution in [1.29, 1.82) is 0 Å². The summed E-state index contributed by atoms with van der Waals surface area (Å²) in [6.07, 6.45) is -3.64.